The van der Waals surface area contributed by atoms with Crippen molar-refractivity contribution in [2.24, 2.45) is 0 Å². The monoisotopic (exact) mass is 341 g/mol. The first kappa shape index (κ1) is 15.1. The molecule has 2 aromatic heterocycles. The van der Waals surface area contributed by atoms with Gasteiger partial charge in [-0.1, -0.05) is 6.07 Å². The van der Waals surface area contributed by atoms with Crippen molar-refractivity contribution < 1.29 is 4.39 Å². The Kier molecular flexibility index (Phi) is 3.92. The molecule has 0 bridgehead atoms. The van der Waals surface area contributed by atoms with Gasteiger partial charge >= 0.3 is 0 Å². The van der Waals surface area contributed by atoms with E-state index in [2.05, 4.69) is 21.0 Å². The summed E-state index contributed by atoms with van der Waals surface area (Å²) in [7, 11) is 0. The zero-order valence-corrected chi connectivity index (χ0v) is 13.8. The molecule has 7 heteroatoms. The molecule has 0 radical (unpaired) electrons. The number of piperazine rings is 1. The van der Waals surface area contributed by atoms with Crippen LogP contribution in [0.2, 0.25) is 0 Å². The maximum atomic E-state index is 13.8. The second-order valence-electron chi connectivity index (χ2n) is 5.83. The Hall–Kier alpha value is -2.43. The zero-order chi connectivity index (χ0) is 16.5. The number of nitrogens with zero attached hydrogens (tertiary/aromatic N) is 5. The molecule has 0 saturated carbocycles. The molecule has 1 fully saturated rings. The highest BCUT2D eigenvalue weighted by molar-refractivity contribution is 7.15. The van der Waals surface area contributed by atoms with Gasteiger partial charge in [0.2, 0.25) is 0 Å². The topological polar surface area (TPSA) is 47.6 Å². The normalized spacial score (nSPS) is 15.8. The molecular formula is C17H16FN5S. The molecule has 122 valence electrons. The van der Waals surface area contributed by atoms with Crippen molar-refractivity contribution in [3.8, 4) is 6.07 Å². The molecule has 0 atom stereocenters. The van der Waals surface area contributed by atoms with Crippen molar-refractivity contribution in [2.75, 3.05) is 31.1 Å². The Morgan fingerprint density at radius 1 is 1.25 bits per heavy atom. The van der Waals surface area contributed by atoms with E-state index >= 15 is 0 Å². The smallest absolute Gasteiger partial charge is 0.193 e. The average Bonchev–Trinajstić information content (AvgIpc) is 3.17. The molecule has 0 spiro atoms. The predicted molar refractivity (Wildman–Crippen MR) is 91.7 cm³/mol. The van der Waals surface area contributed by atoms with Crippen LogP contribution in [0.3, 0.4) is 0 Å². The fraction of sp³-hybridized carbons (Fsp3) is 0.294. The summed E-state index contributed by atoms with van der Waals surface area (Å²) in [6.07, 6.45) is 4.08. The van der Waals surface area contributed by atoms with E-state index in [1.807, 2.05) is 28.1 Å². The number of hydrogen-bond acceptors (Lipinski definition) is 5. The van der Waals surface area contributed by atoms with Crippen molar-refractivity contribution in [2.45, 2.75) is 6.54 Å². The summed E-state index contributed by atoms with van der Waals surface area (Å²) in [5.74, 6) is -0.449. The van der Waals surface area contributed by atoms with Crippen LogP contribution in [-0.4, -0.2) is 40.5 Å². The van der Waals surface area contributed by atoms with Crippen molar-refractivity contribution in [3.63, 3.8) is 0 Å². The van der Waals surface area contributed by atoms with Crippen LogP contribution in [0.25, 0.3) is 4.96 Å². The van der Waals surface area contributed by atoms with Gasteiger partial charge in [-0.15, -0.1) is 11.3 Å². The first-order valence-corrected chi connectivity index (χ1v) is 8.69. The summed E-state index contributed by atoms with van der Waals surface area (Å²) in [5.41, 5.74) is 1.90. The maximum Gasteiger partial charge on any atom is 0.193 e. The molecule has 1 aromatic carbocycles. The van der Waals surface area contributed by atoms with Gasteiger partial charge in [0.25, 0.3) is 0 Å². The number of hydrogen-bond donors (Lipinski definition) is 0. The van der Waals surface area contributed by atoms with Gasteiger partial charge in [-0.25, -0.2) is 9.37 Å². The van der Waals surface area contributed by atoms with E-state index in [0.717, 1.165) is 43.4 Å². The summed E-state index contributed by atoms with van der Waals surface area (Å²) in [6, 6.07) is 6.80. The number of aromatic nitrogens is 2. The number of benzene rings is 1. The van der Waals surface area contributed by atoms with Crippen molar-refractivity contribution >= 4 is 22.0 Å². The highest BCUT2D eigenvalue weighted by Crippen LogP contribution is 2.24. The summed E-state index contributed by atoms with van der Waals surface area (Å²) in [6.45, 7) is 4.11. The lowest BCUT2D eigenvalue weighted by molar-refractivity contribution is 0.247. The summed E-state index contributed by atoms with van der Waals surface area (Å²) < 4.78 is 15.8. The fourth-order valence-corrected chi connectivity index (χ4v) is 3.83. The largest absolute Gasteiger partial charge is 0.368 e. The average molecular weight is 341 g/mol. The van der Waals surface area contributed by atoms with E-state index < -0.39 is 5.82 Å². The molecule has 0 amide bonds. The SMILES string of the molecule is N#Cc1c(F)cccc1N1CCN(Cc2cn3ccsc3n2)CC1. The predicted octanol–water partition coefficient (Wildman–Crippen LogP) is 2.73. The second kappa shape index (κ2) is 6.23. The maximum absolute atomic E-state index is 13.8. The number of halogens is 1. The Bertz CT molecular complexity index is 873. The molecule has 0 N–H and O–H groups in total. The third-order valence-electron chi connectivity index (χ3n) is 4.35. The summed E-state index contributed by atoms with van der Waals surface area (Å²) in [4.78, 5) is 10.1. The molecule has 1 aliphatic rings. The van der Waals surface area contributed by atoms with Crippen LogP contribution in [0.5, 0.6) is 0 Å². The Morgan fingerprint density at radius 3 is 2.83 bits per heavy atom. The lowest BCUT2D eigenvalue weighted by Gasteiger charge is -2.36. The van der Waals surface area contributed by atoms with Gasteiger partial charge in [-0.2, -0.15) is 5.26 Å². The number of fused-ring (bicyclic) bond motifs is 1. The van der Waals surface area contributed by atoms with Gasteiger partial charge in [0.1, 0.15) is 17.4 Å². The van der Waals surface area contributed by atoms with Gasteiger partial charge < -0.3 is 4.90 Å². The number of anilines is 1. The van der Waals surface area contributed by atoms with E-state index in [4.69, 9.17) is 0 Å². The van der Waals surface area contributed by atoms with Gasteiger partial charge in [0, 0.05) is 50.5 Å². The molecule has 24 heavy (non-hydrogen) atoms. The van der Waals surface area contributed by atoms with Crippen LogP contribution in [0.1, 0.15) is 11.3 Å². The standard InChI is InChI=1S/C17H16FN5S/c18-15-2-1-3-16(14(15)10-19)22-6-4-21(5-7-22)11-13-12-23-8-9-24-17(23)20-13/h1-3,8-9,12H,4-7,11H2. The van der Waals surface area contributed by atoms with Crippen molar-refractivity contribution in [1.82, 2.24) is 14.3 Å². The van der Waals surface area contributed by atoms with Gasteiger partial charge in [-0.3, -0.25) is 9.30 Å². The Labute approximate surface area is 143 Å². The third kappa shape index (κ3) is 2.75. The molecule has 3 heterocycles. The van der Waals surface area contributed by atoms with E-state index in [-0.39, 0.29) is 5.56 Å². The van der Waals surface area contributed by atoms with Crippen molar-refractivity contribution in [1.29, 1.82) is 5.26 Å². The lowest BCUT2D eigenvalue weighted by atomic mass is 10.1. The molecule has 0 aliphatic carbocycles. The molecule has 3 aromatic rings. The molecule has 1 aliphatic heterocycles. The number of nitriles is 1. The number of imidazole rings is 1. The van der Waals surface area contributed by atoms with Crippen LogP contribution in [-0.2, 0) is 6.54 Å². The molecular weight excluding hydrogens is 325 g/mol. The molecule has 1 saturated heterocycles. The molecule has 0 unspecified atom stereocenters. The quantitative estimate of drug-likeness (QED) is 0.735. The van der Waals surface area contributed by atoms with Crippen LogP contribution in [0.4, 0.5) is 10.1 Å². The minimum Gasteiger partial charge on any atom is -0.368 e. The number of rotatable bonds is 3. The highest BCUT2D eigenvalue weighted by atomic mass is 32.1. The van der Waals surface area contributed by atoms with Crippen LogP contribution < -0.4 is 4.90 Å². The molecule has 5 nitrogen and oxygen atoms in total. The van der Waals surface area contributed by atoms with Gasteiger partial charge in [0.05, 0.1) is 11.4 Å². The van der Waals surface area contributed by atoms with E-state index in [9.17, 15) is 9.65 Å². The summed E-state index contributed by atoms with van der Waals surface area (Å²) in [5, 5.41) is 11.2. The lowest BCUT2D eigenvalue weighted by Crippen LogP contribution is -2.46. The zero-order valence-electron chi connectivity index (χ0n) is 13.0. The van der Waals surface area contributed by atoms with Crippen LogP contribution in [0, 0.1) is 17.1 Å². The van der Waals surface area contributed by atoms with Gasteiger partial charge in [-0.05, 0) is 12.1 Å². The highest BCUT2D eigenvalue weighted by Gasteiger charge is 2.21. The van der Waals surface area contributed by atoms with E-state index in [1.54, 1.807) is 17.4 Å². The van der Waals surface area contributed by atoms with Crippen LogP contribution >= 0.6 is 11.3 Å². The first-order chi connectivity index (χ1) is 11.7. The number of thiazole rings is 1. The second-order valence-corrected chi connectivity index (χ2v) is 6.71. The minimum absolute atomic E-state index is 0.139. The molecule has 4 rings (SSSR count). The Morgan fingerprint density at radius 2 is 2.08 bits per heavy atom. The van der Waals surface area contributed by atoms with Crippen molar-refractivity contribution in [3.05, 3.63) is 53.0 Å². The first-order valence-electron chi connectivity index (χ1n) is 7.81. The third-order valence-corrected chi connectivity index (χ3v) is 5.12. The minimum atomic E-state index is -0.449. The van der Waals surface area contributed by atoms with E-state index in [1.165, 1.54) is 6.07 Å². The summed E-state index contributed by atoms with van der Waals surface area (Å²) >= 11 is 1.63. The van der Waals surface area contributed by atoms with Crippen LogP contribution in [0.15, 0.2) is 36.0 Å². The van der Waals surface area contributed by atoms with Gasteiger partial charge in [0.15, 0.2) is 4.96 Å². The fourth-order valence-electron chi connectivity index (χ4n) is 3.12. The van der Waals surface area contributed by atoms with E-state index in [0.29, 0.717) is 5.69 Å². The Balaban J connectivity index is 1.43.